The highest BCUT2D eigenvalue weighted by Crippen LogP contribution is 2.25. The lowest BCUT2D eigenvalue weighted by Crippen LogP contribution is -2.30. The lowest BCUT2D eigenvalue weighted by molar-refractivity contribution is 0.0916. The van der Waals surface area contributed by atoms with E-state index in [0.29, 0.717) is 12.5 Å². The van der Waals surface area contributed by atoms with Gasteiger partial charge in [-0.25, -0.2) is 4.39 Å². The molecule has 2 N–H and O–H groups in total. The Morgan fingerprint density at radius 3 is 2.74 bits per heavy atom. The van der Waals surface area contributed by atoms with Crippen LogP contribution in [0.25, 0.3) is 11.0 Å². The van der Waals surface area contributed by atoms with E-state index >= 15 is 0 Å². The largest absolute Gasteiger partial charge is 0.504 e. The molecule has 0 atom stereocenters. The zero-order chi connectivity index (χ0) is 16.4. The Balaban J connectivity index is 1.82. The Kier molecular flexibility index (Phi) is 4.32. The molecule has 0 aliphatic heterocycles. The second-order valence-corrected chi connectivity index (χ2v) is 5.99. The number of phenols is 1. The maximum atomic E-state index is 13.2. The van der Waals surface area contributed by atoms with Gasteiger partial charge in [-0.05, 0) is 24.8 Å². The third kappa shape index (κ3) is 3.36. The number of benzene rings is 1. The van der Waals surface area contributed by atoms with Gasteiger partial charge in [0, 0.05) is 18.7 Å². The van der Waals surface area contributed by atoms with Crippen LogP contribution < -0.4 is 10.7 Å². The number of fused-ring (bicyclic) bond motifs is 1. The number of nitrogens with one attached hydrogen (secondary N) is 1. The molecule has 5 nitrogen and oxygen atoms in total. The first-order chi connectivity index (χ1) is 11.0. The van der Waals surface area contributed by atoms with Gasteiger partial charge in [0.2, 0.25) is 0 Å². The van der Waals surface area contributed by atoms with Crippen molar-refractivity contribution in [2.75, 3.05) is 6.54 Å². The molecule has 1 aliphatic carbocycles. The van der Waals surface area contributed by atoms with Crippen LogP contribution >= 0.6 is 0 Å². The molecule has 1 aromatic carbocycles. The first kappa shape index (κ1) is 15.5. The Hall–Kier alpha value is -2.37. The van der Waals surface area contributed by atoms with Crippen molar-refractivity contribution in [3.05, 3.63) is 40.0 Å². The van der Waals surface area contributed by atoms with E-state index in [0.717, 1.165) is 31.0 Å². The van der Waals surface area contributed by atoms with Gasteiger partial charge in [-0.15, -0.1) is 0 Å². The van der Waals surface area contributed by atoms with Crippen LogP contribution in [0.2, 0.25) is 0 Å². The Morgan fingerprint density at radius 2 is 2.00 bits per heavy atom. The third-order valence-electron chi connectivity index (χ3n) is 4.27. The second-order valence-electron chi connectivity index (χ2n) is 5.99. The van der Waals surface area contributed by atoms with E-state index in [-0.39, 0.29) is 16.7 Å². The third-order valence-corrected chi connectivity index (χ3v) is 4.27. The predicted molar refractivity (Wildman–Crippen MR) is 83.0 cm³/mol. The summed E-state index contributed by atoms with van der Waals surface area (Å²) in [5, 5.41) is 12.4. The average Bonchev–Trinajstić information content (AvgIpc) is 2.54. The minimum Gasteiger partial charge on any atom is -0.504 e. The first-order valence-corrected chi connectivity index (χ1v) is 7.79. The smallest absolute Gasteiger partial charge is 0.287 e. The van der Waals surface area contributed by atoms with Gasteiger partial charge in [0.25, 0.3) is 5.91 Å². The number of hydrogen-bond acceptors (Lipinski definition) is 4. The van der Waals surface area contributed by atoms with Gasteiger partial charge in [-0.2, -0.15) is 0 Å². The number of aromatic hydroxyl groups is 1. The summed E-state index contributed by atoms with van der Waals surface area (Å²) in [5.74, 6) is -1.48. The van der Waals surface area contributed by atoms with Crippen LogP contribution in [0, 0.1) is 11.7 Å². The maximum Gasteiger partial charge on any atom is 0.287 e. The molecule has 2 aromatic rings. The summed E-state index contributed by atoms with van der Waals surface area (Å²) in [7, 11) is 0. The van der Waals surface area contributed by atoms with Crippen LogP contribution in [0.15, 0.2) is 27.4 Å². The summed E-state index contributed by atoms with van der Waals surface area (Å²) in [6.45, 7) is 0.538. The fourth-order valence-electron chi connectivity index (χ4n) is 3.03. The summed E-state index contributed by atoms with van der Waals surface area (Å²) in [4.78, 5) is 24.2. The molecule has 122 valence electrons. The standard InChI is InChI=1S/C17H18FNO4/c18-11-6-12-13(20)8-15(23-16(12)14(21)7-11)17(22)19-9-10-4-2-1-3-5-10/h6-8,10,21H,1-5,9H2,(H,19,22). The zero-order valence-electron chi connectivity index (χ0n) is 12.6. The summed E-state index contributed by atoms with van der Waals surface area (Å²) in [5.41, 5.74) is -0.745. The molecular formula is C17H18FNO4. The molecule has 3 rings (SSSR count). The van der Waals surface area contributed by atoms with Crippen LogP contribution in [0.5, 0.6) is 5.75 Å². The van der Waals surface area contributed by atoms with Crippen LogP contribution in [0.3, 0.4) is 0 Å². The SMILES string of the molecule is O=C(NCC1CCCCC1)c1cc(=O)c2cc(F)cc(O)c2o1. The van der Waals surface area contributed by atoms with Gasteiger partial charge in [0.05, 0.1) is 5.39 Å². The minimum atomic E-state index is -0.739. The topological polar surface area (TPSA) is 79.5 Å². The van der Waals surface area contributed by atoms with Crippen molar-refractivity contribution < 1.29 is 18.7 Å². The van der Waals surface area contributed by atoms with Gasteiger partial charge in [-0.1, -0.05) is 19.3 Å². The maximum absolute atomic E-state index is 13.2. The van der Waals surface area contributed by atoms with Crippen molar-refractivity contribution in [3.8, 4) is 5.75 Å². The van der Waals surface area contributed by atoms with Crippen molar-refractivity contribution >= 4 is 16.9 Å². The summed E-state index contributed by atoms with van der Waals surface area (Å²) >= 11 is 0. The molecule has 1 fully saturated rings. The molecule has 0 spiro atoms. The highest BCUT2D eigenvalue weighted by atomic mass is 19.1. The van der Waals surface area contributed by atoms with Gasteiger partial charge in [-0.3, -0.25) is 9.59 Å². The highest BCUT2D eigenvalue weighted by molar-refractivity contribution is 5.93. The van der Waals surface area contributed by atoms with E-state index in [4.69, 9.17) is 4.42 Å². The average molecular weight is 319 g/mol. The van der Waals surface area contributed by atoms with Crippen molar-refractivity contribution in [2.45, 2.75) is 32.1 Å². The summed E-state index contributed by atoms with van der Waals surface area (Å²) < 4.78 is 18.5. The van der Waals surface area contributed by atoms with Crippen LogP contribution in [-0.2, 0) is 0 Å². The van der Waals surface area contributed by atoms with Gasteiger partial charge >= 0.3 is 0 Å². The molecule has 23 heavy (non-hydrogen) atoms. The van der Waals surface area contributed by atoms with E-state index in [9.17, 15) is 19.1 Å². The number of carbonyl (C=O) groups is 1. The second kappa shape index (κ2) is 6.40. The molecule has 1 aromatic heterocycles. The lowest BCUT2D eigenvalue weighted by Gasteiger charge is -2.21. The number of carbonyl (C=O) groups excluding carboxylic acids is 1. The van der Waals surface area contributed by atoms with E-state index < -0.39 is 22.9 Å². The van der Waals surface area contributed by atoms with Crippen molar-refractivity contribution in [2.24, 2.45) is 5.92 Å². The number of phenolic OH excluding ortho intramolecular Hbond substituents is 1. The van der Waals surface area contributed by atoms with Gasteiger partial charge in [0.1, 0.15) is 5.82 Å². The molecule has 0 radical (unpaired) electrons. The van der Waals surface area contributed by atoms with Crippen LogP contribution in [-0.4, -0.2) is 17.6 Å². The number of halogens is 1. The number of hydrogen-bond donors (Lipinski definition) is 2. The monoisotopic (exact) mass is 319 g/mol. The minimum absolute atomic E-state index is 0.0914. The molecule has 1 saturated carbocycles. The zero-order valence-corrected chi connectivity index (χ0v) is 12.6. The van der Waals surface area contributed by atoms with E-state index in [2.05, 4.69) is 5.32 Å². The molecule has 0 saturated heterocycles. The van der Waals surface area contributed by atoms with Gasteiger partial charge in [0.15, 0.2) is 22.5 Å². The molecular weight excluding hydrogens is 301 g/mol. The van der Waals surface area contributed by atoms with Crippen LogP contribution in [0.1, 0.15) is 42.7 Å². The fraction of sp³-hybridized carbons (Fsp3) is 0.412. The molecule has 1 amide bonds. The van der Waals surface area contributed by atoms with Gasteiger partial charge < -0.3 is 14.8 Å². The van der Waals surface area contributed by atoms with E-state index in [1.165, 1.54) is 19.3 Å². The van der Waals surface area contributed by atoms with Crippen molar-refractivity contribution in [3.63, 3.8) is 0 Å². The molecule has 6 heteroatoms. The Labute approximate surface area is 132 Å². The summed E-state index contributed by atoms with van der Waals surface area (Å²) in [6.07, 6.45) is 5.75. The van der Waals surface area contributed by atoms with E-state index in [1.807, 2.05) is 0 Å². The molecule has 0 unspecified atom stereocenters. The molecule has 0 bridgehead atoms. The van der Waals surface area contributed by atoms with Crippen molar-refractivity contribution in [1.29, 1.82) is 0 Å². The molecule has 1 heterocycles. The highest BCUT2D eigenvalue weighted by Gasteiger charge is 2.18. The predicted octanol–water partition coefficient (Wildman–Crippen LogP) is 2.95. The van der Waals surface area contributed by atoms with Crippen molar-refractivity contribution in [1.82, 2.24) is 5.32 Å². The Bertz CT molecular complexity index is 793. The normalized spacial score (nSPS) is 15.7. The quantitative estimate of drug-likeness (QED) is 0.911. The van der Waals surface area contributed by atoms with Crippen LogP contribution in [0.4, 0.5) is 4.39 Å². The summed E-state index contributed by atoms with van der Waals surface area (Å²) in [6, 6.07) is 2.84. The van der Waals surface area contributed by atoms with E-state index in [1.54, 1.807) is 0 Å². The molecule has 1 aliphatic rings. The number of rotatable bonds is 3. The fourth-order valence-corrected chi connectivity index (χ4v) is 3.03. The first-order valence-electron chi connectivity index (χ1n) is 7.79. The Morgan fingerprint density at radius 1 is 1.26 bits per heavy atom. The number of amides is 1. The lowest BCUT2D eigenvalue weighted by atomic mass is 9.89.